The van der Waals surface area contributed by atoms with Gasteiger partial charge in [-0.15, -0.1) is 0 Å². The number of aliphatic imine (C=N–C) groups is 1. The van der Waals surface area contributed by atoms with Gasteiger partial charge in [0.1, 0.15) is 17.2 Å². The van der Waals surface area contributed by atoms with Crippen LogP contribution in [0.3, 0.4) is 0 Å². The fraction of sp³-hybridized carbons (Fsp3) is 0.0714. The van der Waals surface area contributed by atoms with E-state index in [2.05, 4.69) is 32.7 Å². The fourth-order valence-electron chi connectivity index (χ4n) is 1.50. The number of aromatic nitrogens is 1. The van der Waals surface area contributed by atoms with Gasteiger partial charge in [-0.25, -0.2) is 0 Å². The number of hydrogen-bond donors (Lipinski definition) is 1. The van der Waals surface area contributed by atoms with Gasteiger partial charge < -0.3 is 10.1 Å². The Morgan fingerprint density at radius 1 is 1.30 bits per heavy atom. The highest BCUT2D eigenvalue weighted by molar-refractivity contribution is 7.78. The van der Waals surface area contributed by atoms with Crippen molar-refractivity contribution in [1.29, 1.82) is 0 Å². The van der Waals surface area contributed by atoms with E-state index in [9.17, 15) is 4.79 Å². The SMILES string of the molecule is CNC(=O)c1cc(Oc2ccc(N=C=S)cc2)ccn1. The zero-order chi connectivity index (χ0) is 14.4. The number of amides is 1. The highest BCUT2D eigenvalue weighted by Gasteiger charge is 2.06. The van der Waals surface area contributed by atoms with E-state index in [-0.39, 0.29) is 5.91 Å². The average molecular weight is 285 g/mol. The van der Waals surface area contributed by atoms with Crippen molar-refractivity contribution in [2.24, 2.45) is 4.99 Å². The zero-order valence-corrected chi connectivity index (χ0v) is 11.5. The van der Waals surface area contributed by atoms with Crippen molar-refractivity contribution in [2.75, 3.05) is 7.05 Å². The number of nitrogens with one attached hydrogen (secondary N) is 1. The van der Waals surface area contributed by atoms with Gasteiger partial charge in [-0.3, -0.25) is 9.78 Å². The normalized spacial score (nSPS) is 9.45. The van der Waals surface area contributed by atoms with Crippen LogP contribution in [0.25, 0.3) is 0 Å². The van der Waals surface area contributed by atoms with Crippen molar-refractivity contribution >= 4 is 29.0 Å². The topological polar surface area (TPSA) is 63.6 Å². The molecule has 0 bridgehead atoms. The number of rotatable bonds is 4. The predicted molar refractivity (Wildman–Crippen MR) is 78.8 cm³/mol. The number of thiocarbonyl (C=S) groups is 1. The molecule has 1 aromatic carbocycles. The van der Waals surface area contributed by atoms with Gasteiger partial charge >= 0.3 is 0 Å². The first-order valence-corrected chi connectivity index (χ1v) is 6.17. The van der Waals surface area contributed by atoms with Crippen molar-refractivity contribution in [1.82, 2.24) is 10.3 Å². The van der Waals surface area contributed by atoms with Crippen LogP contribution in [0.15, 0.2) is 47.6 Å². The number of benzene rings is 1. The number of isothiocyanates is 1. The van der Waals surface area contributed by atoms with Crippen molar-refractivity contribution in [2.45, 2.75) is 0 Å². The maximum absolute atomic E-state index is 11.5. The molecule has 0 aliphatic carbocycles. The molecular weight excluding hydrogens is 274 g/mol. The summed E-state index contributed by atoms with van der Waals surface area (Å²) in [5.74, 6) is 0.896. The number of nitrogens with zero attached hydrogens (tertiary/aromatic N) is 2. The smallest absolute Gasteiger partial charge is 0.269 e. The first kappa shape index (κ1) is 13.9. The maximum atomic E-state index is 11.5. The van der Waals surface area contributed by atoms with Gasteiger partial charge in [0, 0.05) is 19.3 Å². The Bertz CT molecular complexity index is 664. The Hall–Kier alpha value is -2.56. The number of carbonyl (C=O) groups is 1. The third-order valence-corrected chi connectivity index (χ3v) is 2.53. The lowest BCUT2D eigenvalue weighted by molar-refractivity contribution is 0.0958. The molecule has 2 aromatic rings. The zero-order valence-electron chi connectivity index (χ0n) is 10.7. The van der Waals surface area contributed by atoms with Crippen LogP contribution >= 0.6 is 12.2 Å². The van der Waals surface area contributed by atoms with Crippen molar-refractivity contribution < 1.29 is 9.53 Å². The molecule has 5 nitrogen and oxygen atoms in total. The molecule has 0 saturated carbocycles. The van der Waals surface area contributed by atoms with Crippen LogP contribution < -0.4 is 10.1 Å². The fourth-order valence-corrected chi connectivity index (χ4v) is 1.61. The number of carbonyl (C=O) groups excluding carboxylic acids is 1. The van der Waals surface area contributed by atoms with Gasteiger partial charge in [0.2, 0.25) is 0 Å². The van der Waals surface area contributed by atoms with Crippen LogP contribution in [0.4, 0.5) is 5.69 Å². The van der Waals surface area contributed by atoms with E-state index >= 15 is 0 Å². The van der Waals surface area contributed by atoms with E-state index in [0.29, 0.717) is 22.9 Å². The first-order valence-electron chi connectivity index (χ1n) is 5.77. The van der Waals surface area contributed by atoms with Gasteiger partial charge in [0.15, 0.2) is 0 Å². The molecule has 1 aromatic heterocycles. The molecule has 0 atom stereocenters. The molecule has 0 spiro atoms. The predicted octanol–water partition coefficient (Wildman–Crippen LogP) is 2.97. The summed E-state index contributed by atoms with van der Waals surface area (Å²) in [6.07, 6.45) is 1.52. The Morgan fingerprint density at radius 3 is 2.70 bits per heavy atom. The molecule has 0 unspecified atom stereocenters. The first-order chi connectivity index (χ1) is 9.72. The lowest BCUT2D eigenvalue weighted by atomic mass is 10.3. The minimum absolute atomic E-state index is 0.263. The molecule has 0 radical (unpaired) electrons. The second-order valence-electron chi connectivity index (χ2n) is 3.75. The lowest BCUT2D eigenvalue weighted by Gasteiger charge is -2.06. The molecule has 0 fully saturated rings. The monoisotopic (exact) mass is 285 g/mol. The van der Waals surface area contributed by atoms with Crippen LogP contribution in [-0.2, 0) is 0 Å². The summed E-state index contributed by atoms with van der Waals surface area (Å²) in [6.45, 7) is 0. The van der Waals surface area contributed by atoms with Gasteiger partial charge in [-0.05, 0) is 42.5 Å². The number of hydrogen-bond acceptors (Lipinski definition) is 5. The molecule has 0 aliphatic rings. The van der Waals surface area contributed by atoms with Gasteiger partial charge in [0.25, 0.3) is 5.91 Å². The summed E-state index contributed by atoms with van der Waals surface area (Å²) in [5.41, 5.74) is 1.00. The van der Waals surface area contributed by atoms with E-state index < -0.39 is 0 Å². The quantitative estimate of drug-likeness (QED) is 0.693. The second kappa shape index (κ2) is 6.56. The Balaban J connectivity index is 2.17. The van der Waals surface area contributed by atoms with E-state index in [1.807, 2.05) is 0 Å². The number of pyridine rings is 1. The Kier molecular flexibility index (Phi) is 4.55. The average Bonchev–Trinajstić information content (AvgIpc) is 2.49. The summed E-state index contributed by atoms with van der Waals surface area (Å²) in [7, 11) is 1.55. The molecule has 2 rings (SSSR count). The Morgan fingerprint density at radius 2 is 2.05 bits per heavy atom. The molecule has 0 saturated heterocycles. The van der Waals surface area contributed by atoms with Gasteiger partial charge in [0.05, 0.1) is 10.8 Å². The van der Waals surface area contributed by atoms with Crippen molar-refractivity contribution in [3.63, 3.8) is 0 Å². The third-order valence-electron chi connectivity index (χ3n) is 2.44. The van der Waals surface area contributed by atoms with Crippen LogP contribution in [-0.4, -0.2) is 23.1 Å². The maximum Gasteiger partial charge on any atom is 0.269 e. The summed E-state index contributed by atoms with van der Waals surface area (Å²) < 4.78 is 5.64. The molecule has 100 valence electrons. The molecule has 0 aliphatic heterocycles. The summed E-state index contributed by atoms with van der Waals surface area (Å²) in [4.78, 5) is 19.3. The standard InChI is InChI=1S/C14H11N3O2S/c1-15-14(18)13-8-12(6-7-16-13)19-11-4-2-10(3-5-11)17-9-20/h2-8H,1H3,(H,15,18). The molecule has 20 heavy (non-hydrogen) atoms. The van der Waals surface area contributed by atoms with E-state index in [4.69, 9.17) is 4.74 Å². The van der Waals surface area contributed by atoms with Crippen molar-refractivity contribution in [3.8, 4) is 11.5 Å². The number of ether oxygens (including phenoxy) is 1. The molecule has 1 amide bonds. The van der Waals surface area contributed by atoms with E-state index in [1.54, 1.807) is 43.4 Å². The summed E-state index contributed by atoms with van der Waals surface area (Å²) >= 11 is 4.53. The molecule has 1 N–H and O–H groups in total. The van der Waals surface area contributed by atoms with Gasteiger partial charge in [-0.1, -0.05) is 0 Å². The minimum Gasteiger partial charge on any atom is -0.457 e. The van der Waals surface area contributed by atoms with Crippen LogP contribution in [0.1, 0.15) is 10.5 Å². The Labute approximate surface area is 121 Å². The van der Waals surface area contributed by atoms with Crippen LogP contribution in [0.2, 0.25) is 0 Å². The largest absolute Gasteiger partial charge is 0.457 e. The third kappa shape index (κ3) is 3.47. The van der Waals surface area contributed by atoms with Crippen LogP contribution in [0, 0.1) is 0 Å². The minimum atomic E-state index is -0.263. The lowest BCUT2D eigenvalue weighted by Crippen LogP contribution is -2.18. The van der Waals surface area contributed by atoms with Crippen molar-refractivity contribution in [3.05, 3.63) is 48.3 Å². The highest BCUT2D eigenvalue weighted by Crippen LogP contribution is 2.23. The summed E-state index contributed by atoms with van der Waals surface area (Å²) in [6, 6.07) is 10.3. The molecule has 6 heteroatoms. The highest BCUT2D eigenvalue weighted by atomic mass is 32.1. The van der Waals surface area contributed by atoms with Gasteiger partial charge in [-0.2, -0.15) is 4.99 Å². The van der Waals surface area contributed by atoms with E-state index in [1.165, 1.54) is 6.20 Å². The van der Waals surface area contributed by atoms with E-state index in [0.717, 1.165) is 0 Å². The second-order valence-corrected chi connectivity index (χ2v) is 3.94. The van der Waals surface area contributed by atoms with Crippen LogP contribution in [0.5, 0.6) is 11.5 Å². The summed E-state index contributed by atoms with van der Waals surface area (Å²) in [5, 5.41) is 4.80. The molecule has 1 heterocycles. The molecular formula is C14H11N3O2S.